The number of anilines is 2. The van der Waals surface area contributed by atoms with Crippen molar-refractivity contribution in [3.8, 4) is 5.75 Å². The summed E-state index contributed by atoms with van der Waals surface area (Å²) in [6, 6.07) is 13.4. The number of carboxylic acid groups (broad SMARTS) is 1. The second-order valence-electron chi connectivity index (χ2n) is 7.36. The third-order valence-electron chi connectivity index (χ3n) is 5.14. The van der Waals surface area contributed by atoms with Gasteiger partial charge in [0, 0.05) is 16.9 Å². The van der Waals surface area contributed by atoms with Gasteiger partial charge in [-0.1, -0.05) is 13.8 Å². The van der Waals surface area contributed by atoms with Crippen LogP contribution in [-0.2, 0) is 9.59 Å². The molecule has 0 spiro atoms. The Morgan fingerprint density at radius 2 is 1.43 bits per heavy atom. The summed E-state index contributed by atoms with van der Waals surface area (Å²) in [5.74, 6) is -2.12. The van der Waals surface area contributed by atoms with Crippen LogP contribution in [0.5, 0.6) is 5.75 Å². The Bertz CT molecular complexity index is 903. The second-order valence-corrected chi connectivity index (χ2v) is 7.36. The Labute approximate surface area is 162 Å². The zero-order valence-electron chi connectivity index (χ0n) is 15.9. The number of hydrogen-bond donors (Lipinski definition) is 3. The van der Waals surface area contributed by atoms with E-state index < -0.39 is 23.2 Å². The van der Waals surface area contributed by atoms with Crippen molar-refractivity contribution in [1.29, 1.82) is 0 Å². The molecule has 0 aromatic heterocycles. The molecule has 0 unspecified atom stereocenters. The van der Waals surface area contributed by atoms with E-state index in [1.54, 1.807) is 69.5 Å². The first-order chi connectivity index (χ1) is 13.2. The van der Waals surface area contributed by atoms with Gasteiger partial charge in [-0.25, -0.2) is 0 Å². The molecule has 0 saturated heterocycles. The van der Waals surface area contributed by atoms with Gasteiger partial charge in [-0.2, -0.15) is 0 Å². The summed E-state index contributed by atoms with van der Waals surface area (Å²) >= 11 is 0. The highest BCUT2D eigenvalue weighted by Crippen LogP contribution is 2.58. The van der Waals surface area contributed by atoms with E-state index in [4.69, 9.17) is 4.74 Å². The van der Waals surface area contributed by atoms with Gasteiger partial charge >= 0.3 is 5.97 Å². The van der Waals surface area contributed by atoms with Crippen molar-refractivity contribution in [3.05, 3.63) is 54.1 Å². The Morgan fingerprint density at radius 1 is 0.893 bits per heavy atom. The monoisotopic (exact) mass is 382 g/mol. The van der Waals surface area contributed by atoms with Crippen LogP contribution in [0.1, 0.15) is 24.2 Å². The number of rotatable bonds is 6. The molecule has 0 radical (unpaired) electrons. The SMILES string of the molecule is COc1ccc(NC(=O)c2ccc(NC(=O)[C@H]3[C@@H](C(=O)O)C3(C)C)cc2)cc1. The lowest BCUT2D eigenvalue weighted by atomic mass is 10.1. The fraction of sp³-hybridized carbons (Fsp3) is 0.286. The molecule has 2 aromatic rings. The topological polar surface area (TPSA) is 105 Å². The Kier molecular flexibility index (Phi) is 5.09. The van der Waals surface area contributed by atoms with Gasteiger partial charge in [-0.3, -0.25) is 14.4 Å². The molecule has 3 N–H and O–H groups in total. The molecule has 2 amide bonds. The van der Waals surface area contributed by atoms with Crippen LogP contribution in [-0.4, -0.2) is 30.0 Å². The lowest BCUT2D eigenvalue weighted by Crippen LogP contribution is -2.18. The van der Waals surface area contributed by atoms with Crippen LogP contribution < -0.4 is 15.4 Å². The quantitative estimate of drug-likeness (QED) is 0.711. The minimum atomic E-state index is -0.962. The molecule has 3 rings (SSSR count). The number of carbonyl (C=O) groups is 3. The van der Waals surface area contributed by atoms with Gasteiger partial charge in [0.1, 0.15) is 5.75 Å². The molecule has 7 heteroatoms. The Morgan fingerprint density at radius 3 is 1.93 bits per heavy atom. The van der Waals surface area contributed by atoms with Crippen molar-refractivity contribution >= 4 is 29.2 Å². The van der Waals surface area contributed by atoms with Crippen LogP contribution >= 0.6 is 0 Å². The average Bonchev–Trinajstić information content (AvgIpc) is 3.25. The Balaban J connectivity index is 1.61. The molecule has 1 fully saturated rings. The summed E-state index contributed by atoms with van der Waals surface area (Å²) in [7, 11) is 1.57. The maximum Gasteiger partial charge on any atom is 0.307 e. The van der Waals surface area contributed by atoms with E-state index in [9.17, 15) is 19.5 Å². The van der Waals surface area contributed by atoms with E-state index in [1.807, 2.05) is 0 Å². The lowest BCUT2D eigenvalue weighted by Gasteiger charge is -2.09. The molecule has 28 heavy (non-hydrogen) atoms. The molecule has 2 atom stereocenters. The third kappa shape index (κ3) is 3.83. The number of hydrogen-bond acceptors (Lipinski definition) is 4. The summed E-state index contributed by atoms with van der Waals surface area (Å²) in [5, 5.41) is 14.7. The van der Waals surface area contributed by atoms with E-state index in [1.165, 1.54) is 0 Å². The number of carbonyl (C=O) groups excluding carboxylic acids is 2. The van der Waals surface area contributed by atoms with Crippen LogP contribution in [0.3, 0.4) is 0 Å². The molecule has 2 aromatic carbocycles. The predicted molar refractivity (Wildman–Crippen MR) is 104 cm³/mol. The molecular weight excluding hydrogens is 360 g/mol. The van der Waals surface area contributed by atoms with E-state index in [0.29, 0.717) is 22.7 Å². The largest absolute Gasteiger partial charge is 0.497 e. The molecule has 1 aliphatic rings. The van der Waals surface area contributed by atoms with Crippen molar-refractivity contribution in [2.75, 3.05) is 17.7 Å². The molecular formula is C21H22N2O5. The minimum Gasteiger partial charge on any atom is -0.497 e. The lowest BCUT2D eigenvalue weighted by molar-refractivity contribution is -0.140. The molecule has 1 aliphatic carbocycles. The highest BCUT2D eigenvalue weighted by Gasteiger charge is 2.65. The van der Waals surface area contributed by atoms with Gasteiger partial charge < -0.3 is 20.5 Å². The summed E-state index contributed by atoms with van der Waals surface area (Å²) in [5.41, 5.74) is 1.02. The molecule has 146 valence electrons. The number of nitrogens with one attached hydrogen (secondary N) is 2. The first-order valence-corrected chi connectivity index (χ1v) is 8.83. The summed E-state index contributed by atoms with van der Waals surface area (Å²) in [6.45, 7) is 3.53. The van der Waals surface area contributed by atoms with Gasteiger partial charge in [0.2, 0.25) is 5.91 Å². The van der Waals surface area contributed by atoms with Gasteiger partial charge in [-0.15, -0.1) is 0 Å². The van der Waals surface area contributed by atoms with Crippen molar-refractivity contribution in [2.45, 2.75) is 13.8 Å². The van der Waals surface area contributed by atoms with Crippen LogP contribution in [0.4, 0.5) is 11.4 Å². The van der Waals surface area contributed by atoms with Crippen molar-refractivity contribution in [3.63, 3.8) is 0 Å². The molecule has 7 nitrogen and oxygen atoms in total. The maximum atomic E-state index is 12.4. The van der Waals surface area contributed by atoms with Crippen LogP contribution in [0.2, 0.25) is 0 Å². The van der Waals surface area contributed by atoms with Crippen LogP contribution in [0, 0.1) is 17.3 Å². The fourth-order valence-corrected chi connectivity index (χ4v) is 3.39. The number of benzene rings is 2. The molecule has 1 saturated carbocycles. The van der Waals surface area contributed by atoms with Gasteiger partial charge in [0.15, 0.2) is 0 Å². The predicted octanol–water partition coefficient (Wildman–Crippen LogP) is 3.24. The Hall–Kier alpha value is -3.35. The number of amides is 2. The highest BCUT2D eigenvalue weighted by molar-refractivity contribution is 6.05. The summed E-state index contributed by atoms with van der Waals surface area (Å²) < 4.78 is 5.08. The highest BCUT2D eigenvalue weighted by atomic mass is 16.5. The van der Waals surface area contributed by atoms with Gasteiger partial charge in [0.05, 0.1) is 18.9 Å². The fourth-order valence-electron chi connectivity index (χ4n) is 3.39. The first kappa shape index (κ1) is 19.4. The number of carboxylic acids is 1. The number of aliphatic carboxylic acids is 1. The summed E-state index contributed by atoms with van der Waals surface area (Å²) in [6.07, 6.45) is 0. The molecule has 0 bridgehead atoms. The average molecular weight is 382 g/mol. The standard InChI is InChI=1S/C21H22N2O5/c1-21(2)16(17(21)20(26)27)19(25)23-13-6-4-12(5-7-13)18(24)22-14-8-10-15(28-3)11-9-14/h4-11,16-17H,1-3H3,(H,22,24)(H,23,25)(H,26,27)/t16-,17+/m1/s1. The van der Waals surface area contributed by atoms with Crippen LogP contribution in [0.25, 0.3) is 0 Å². The maximum absolute atomic E-state index is 12.4. The zero-order valence-corrected chi connectivity index (χ0v) is 15.9. The third-order valence-corrected chi connectivity index (χ3v) is 5.14. The van der Waals surface area contributed by atoms with E-state index in [-0.39, 0.29) is 11.8 Å². The van der Waals surface area contributed by atoms with E-state index in [2.05, 4.69) is 10.6 Å². The molecule has 0 aliphatic heterocycles. The number of methoxy groups -OCH3 is 1. The normalized spacial score (nSPS) is 19.4. The van der Waals surface area contributed by atoms with Crippen molar-refractivity contribution < 1.29 is 24.2 Å². The second kappa shape index (κ2) is 7.34. The van der Waals surface area contributed by atoms with Crippen molar-refractivity contribution in [1.82, 2.24) is 0 Å². The van der Waals surface area contributed by atoms with Gasteiger partial charge in [0.25, 0.3) is 5.91 Å². The summed E-state index contributed by atoms with van der Waals surface area (Å²) in [4.78, 5) is 35.9. The zero-order chi connectivity index (χ0) is 20.5. The van der Waals surface area contributed by atoms with Crippen LogP contribution in [0.15, 0.2) is 48.5 Å². The minimum absolute atomic E-state index is 0.280. The van der Waals surface area contributed by atoms with E-state index >= 15 is 0 Å². The first-order valence-electron chi connectivity index (χ1n) is 8.83. The smallest absolute Gasteiger partial charge is 0.307 e. The van der Waals surface area contributed by atoms with Crippen molar-refractivity contribution in [2.24, 2.45) is 17.3 Å². The molecule has 0 heterocycles. The number of ether oxygens (including phenoxy) is 1. The van der Waals surface area contributed by atoms with E-state index in [0.717, 1.165) is 0 Å². The van der Waals surface area contributed by atoms with Gasteiger partial charge in [-0.05, 0) is 53.9 Å².